The molecule has 0 radical (unpaired) electrons. The molecular formula is C15H8ClF3N4OS. The lowest BCUT2D eigenvalue weighted by atomic mass is 10.2. The molecule has 0 aliphatic heterocycles. The van der Waals surface area contributed by atoms with Gasteiger partial charge in [-0.1, -0.05) is 11.6 Å². The highest BCUT2D eigenvalue weighted by molar-refractivity contribution is 7.98. The third-order valence-electron chi connectivity index (χ3n) is 3.30. The van der Waals surface area contributed by atoms with E-state index in [2.05, 4.69) is 10.1 Å². The van der Waals surface area contributed by atoms with E-state index in [1.807, 2.05) is 6.07 Å². The second-order valence-electron chi connectivity index (χ2n) is 4.97. The minimum atomic E-state index is -4.55. The fourth-order valence-corrected chi connectivity index (χ4v) is 3.21. The molecule has 2 aromatic heterocycles. The number of thioether (sulfide) groups is 1. The number of nitrogens with zero attached hydrogens (tertiary/aromatic N) is 3. The molecule has 0 aliphatic carbocycles. The van der Waals surface area contributed by atoms with Crippen molar-refractivity contribution < 1.29 is 13.2 Å². The van der Waals surface area contributed by atoms with Crippen LogP contribution in [-0.2, 0) is 11.9 Å². The van der Waals surface area contributed by atoms with Crippen LogP contribution < -0.4 is 5.56 Å². The lowest BCUT2D eigenvalue weighted by Crippen LogP contribution is -2.15. The maximum atomic E-state index is 12.9. The van der Waals surface area contributed by atoms with Gasteiger partial charge in [-0.15, -0.1) is 11.8 Å². The summed E-state index contributed by atoms with van der Waals surface area (Å²) in [6, 6.07) is 6.77. The Labute approximate surface area is 148 Å². The number of aromatic amines is 1. The summed E-state index contributed by atoms with van der Waals surface area (Å²) in [6.45, 7) is 0. The van der Waals surface area contributed by atoms with Gasteiger partial charge >= 0.3 is 6.18 Å². The second kappa shape index (κ2) is 6.46. The van der Waals surface area contributed by atoms with Crippen LogP contribution in [0.25, 0.3) is 5.65 Å². The van der Waals surface area contributed by atoms with Crippen molar-refractivity contribution in [2.75, 3.05) is 0 Å². The number of alkyl halides is 3. The van der Waals surface area contributed by atoms with Crippen molar-refractivity contribution in [2.45, 2.75) is 16.8 Å². The summed E-state index contributed by atoms with van der Waals surface area (Å²) >= 11 is 6.67. The molecule has 0 unspecified atom stereocenters. The zero-order chi connectivity index (χ0) is 18.2. The normalized spacial score (nSPS) is 11.6. The van der Waals surface area contributed by atoms with Crippen molar-refractivity contribution in [3.63, 3.8) is 0 Å². The van der Waals surface area contributed by atoms with Gasteiger partial charge in [0.1, 0.15) is 11.6 Å². The van der Waals surface area contributed by atoms with Gasteiger partial charge in [0.25, 0.3) is 5.56 Å². The smallest absolute Gasteiger partial charge is 0.295 e. The van der Waals surface area contributed by atoms with E-state index >= 15 is 0 Å². The van der Waals surface area contributed by atoms with Gasteiger partial charge in [-0.05, 0) is 18.2 Å². The fraction of sp³-hybridized carbons (Fsp3) is 0.133. The Morgan fingerprint density at radius 1 is 1.36 bits per heavy atom. The number of hydrogen-bond acceptors (Lipinski definition) is 4. The maximum absolute atomic E-state index is 12.9. The first-order chi connectivity index (χ1) is 11.8. The average Bonchev–Trinajstić information content (AvgIpc) is 2.96. The summed E-state index contributed by atoms with van der Waals surface area (Å²) in [7, 11) is 0. The van der Waals surface area contributed by atoms with Gasteiger partial charge in [-0.3, -0.25) is 9.89 Å². The molecule has 2 heterocycles. The molecule has 128 valence electrons. The minimum Gasteiger partial charge on any atom is -0.295 e. The highest BCUT2D eigenvalue weighted by Crippen LogP contribution is 2.37. The Morgan fingerprint density at radius 2 is 2.12 bits per heavy atom. The van der Waals surface area contributed by atoms with Crippen molar-refractivity contribution in [3.8, 4) is 6.07 Å². The topological polar surface area (TPSA) is 73.9 Å². The van der Waals surface area contributed by atoms with Gasteiger partial charge in [0.15, 0.2) is 5.65 Å². The molecule has 0 saturated heterocycles. The standard InChI is InChI=1S/C15H8ClF3N4OS/c16-12-2-1-10(4-11(12)15(17,18)19)25-7-9-3-13(24)23-14(22-9)8(5-20)6-21-23/h1-4,6,21H,7H2. The third-order valence-corrected chi connectivity index (χ3v) is 4.66. The molecule has 0 fully saturated rings. The summed E-state index contributed by atoms with van der Waals surface area (Å²) in [5, 5.41) is 11.2. The number of hydrogen-bond donors (Lipinski definition) is 1. The van der Waals surface area contributed by atoms with E-state index in [1.54, 1.807) is 0 Å². The summed E-state index contributed by atoms with van der Waals surface area (Å²) in [4.78, 5) is 16.5. The molecule has 3 aromatic rings. The summed E-state index contributed by atoms with van der Waals surface area (Å²) in [6.07, 6.45) is -3.19. The molecule has 0 saturated carbocycles. The first kappa shape index (κ1) is 17.4. The summed E-state index contributed by atoms with van der Waals surface area (Å²) in [5.41, 5.74) is -0.587. The molecule has 3 rings (SSSR count). The molecule has 0 aliphatic rings. The van der Waals surface area contributed by atoms with Gasteiger partial charge in [0.2, 0.25) is 0 Å². The molecule has 1 N–H and O–H groups in total. The Balaban J connectivity index is 1.88. The van der Waals surface area contributed by atoms with Crippen LogP contribution in [-0.4, -0.2) is 14.6 Å². The number of fused-ring (bicyclic) bond motifs is 1. The average molecular weight is 385 g/mol. The highest BCUT2D eigenvalue weighted by Gasteiger charge is 2.33. The number of H-pyrrole nitrogens is 1. The maximum Gasteiger partial charge on any atom is 0.417 e. The molecule has 0 spiro atoms. The molecule has 25 heavy (non-hydrogen) atoms. The Hall–Kier alpha value is -2.44. The number of benzene rings is 1. The first-order valence-electron chi connectivity index (χ1n) is 6.79. The van der Waals surface area contributed by atoms with Gasteiger partial charge in [-0.25, -0.2) is 9.50 Å². The third kappa shape index (κ3) is 3.50. The molecule has 5 nitrogen and oxygen atoms in total. The van der Waals surface area contributed by atoms with Gasteiger partial charge in [-0.2, -0.15) is 18.4 Å². The monoisotopic (exact) mass is 384 g/mol. The number of rotatable bonds is 3. The SMILES string of the molecule is N#Cc1c[nH]n2c(=O)cc(CSc3ccc(Cl)c(C(F)(F)F)c3)nc12. The van der Waals surface area contributed by atoms with E-state index < -0.39 is 17.3 Å². The van der Waals surface area contributed by atoms with Gasteiger partial charge < -0.3 is 0 Å². The van der Waals surface area contributed by atoms with Crippen molar-refractivity contribution in [3.05, 3.63) is 62.7 Å². The van der Waals surface area contributed by atoms with Gasteiger partial charge in [0.05, 0.1) is 16.3 Å². The van der Waals surface area contributed by atoms with E-state index in [4.69, 9.17) is 16.9 Å². The quantitative estimate of drug-likeness (QED) is 0.696. The van der Waals surface area contributed by atoms with Crippen LogP contribution in [0.5, 0.6) is 0 Å². The number of aromatic nitrogens is 3. The van der Waals surface area contributed by atoms with Crippen LogP contribution in [0.2, 0.25) is 5.02 Å². The van der Waals surface area contributed by atoms with Crippen molar-refractivity contribution in [2.24, 2.45) is 0 Å². The molecule has 0 amide bonds. The zero-order valence-corrected chi connectivity index (χ0v) is 13.8. The highest BCUT2D eigenvalue weighted by atomic mass is 35.5. The Morgan fingerprint density at radius 3 is 2.80 bits per heavy atom. The van der Waals surface area contributed by atoms with Crippen LogP contribution in [0.3, 0.4) is 0 Å². The number of halogens is 4. The zero-order valence-electron chi connectivity index (χ0n) is 12.3. The summed E-state index contributed by atoms with van der Waals surface area (Å²) in [5.74, 6) is 0.167. The lowest BCUT2D eigenvalue weighted by molar-refractivity contribution is -0.137. The van der Waals surface area contributed by atoms with Crippen LogP contribution in [0.15, 0.2) is 40.2 Å². The largest absolute Gasteiger partial charge is 0.417 e. The predicted molar refractivity (Wildman–Crippen MR) is 86.5 cm³/mol. The van der Waals surface area contributed by atoms with Crippen LogP contribution in [0, 0.1) is 11.3 Å². The second-order valence-corrected chi connectivity index (χ2v) is 6.43. The Kier molecular flexibility index (Phi) is 4.49. The molecule has 0 bridgehead atoms. The van der Waals surface area contributed by atoms with Crippen molar-refractivity contribution in [1.29, 1.82) is 5.26 Å². The van der Waals surface area contributed by atoms with E-state index in [9.17, 15) is 18.0 Å². The molecule has 0 atom stereocenters. The van der Waals surface area contributed by atoms with E-state index in [0.717, 1.165) is 22.3 Å². The number of nitrogens with one attached hydrogen (secondary N) is 1. The van der Waals surface area contributed by atoms with Gasteiger partial charge in [0, 0.05) is 22.9 Å². The lowest BCUT2D eigenvalue weighted by Gasteiger charge is -2.10. The molecule has 1 aromatic carbocycles. The number of nitriles is 1. The Bertz CT molecular complexity index is 1050. The summed E-state index contributed by atoms with van der Waals surface area (Å²) < 4.78 is 39.8. The van der Waals surface area contributed by atoms with E-state index in [0.29, 0.717) is 10.6 Å². The fourth-order valence-electron chi connectivity index (χ4n) is 2.15. The van der Waals surface area contributed by atoms with Crippen LogP contribution in [0.4, 0.5) is 13.2 Å². The van der Waals surface area contributed by atoms with Crippen LogP contribution in [0.1, 0.15) is 16.8 Å². The van der Waals surface area contributed by atoms with Crippen LogP contribution >= 0.6 is 23.4 Å². The first-order valence-corrected chi connectivity index (χ1v) is 8.15. The minimum absolute atomic E-state index is 0.167. The van der Waals surface area contributed by atoms with Crippen molar-refractivity contribution >= 4 is 29.0 Å². The molecule has 10 heteroatoms. The molecular weight excluding hydrogens is 377 g/mol. The van der Waals surface area contributed by atoms with E-state index in [-0.39, 0.29) is 22.0 Å². The van der Waals surface area contributed by atoms with Crippen molar-refractivity contribution in [1.82, 2.24) is 14.6 Å². The predicted octanol–water partition coefficient (Wildman–Crippen LogP) is 3.86. The van der Waals surface area contributed by atoms with E-state index in [1.165, 1.54) is 24.4 Å².